The second kappa shape index (κ2) is 11.9. The number of hydrogen-bond donors (Lipinski definition) is 1. The second-order valence-corrected chi connectivity index (χ2v) is 12.1. The van der Waals surface area contributed by atoms with E-state index >= 15 is 0 Å². The van der Waals surface area contributed by atoms with Crippen LogP contribution in [-0.4, -0.2) is 72.9 Å². The van der Waals surface area contributed by atoms with Crippen LogP contribution in [0.2, 0.25) is 0 Å². The predicted octanol–water partition coefficient (Wildman–Crippen LogP) is 4.06. The van der Waals surface area contributed by atoms with Gasteiger partial charge in [-0.1, -0.05) is 5.21 Å². The minimum atomic E-state index is 0.124. The number of amides is 1. The third-order valence-corrected chi connectivity index (χ3v) is 9.14. The zero-order valence-electron chi connectivity index (χ0n) is 23.6. The number of carbonyl (C=O) groups is 1. The van der Waals surface area contributed by atoms with Crippen LogP contribution in [0.25, 0.3) is 10.2 Å². The van der Waals surface area contributed by atoms with Gasteiger partial charge in [0.25, 0.3) is 0 Å². The number of nitrogens with zero attached hydrogens (tertiary/aromatic N) is 8. The fourth-order valence-electron chi connectivity index (χ4n) is 5.95. The molecule has 2 fully saturated rings. The third kappa shape index (κ3) is 6.24. The van der Waals surface area contributed by atoms with Crippen molar-refractivity contribution in [3.05, 3.63) is 63.4 Å². The third-order valence-electron chi connectivity index (χ3n) is 8.19. The molecule has 3 aromatic heterocycles. The van der Waals surface area contributed by atoms with E-state index in [0.29, 0.717) is 24.0 Å². The summed E-state index contributed by atoms with van der Waals surface area (Å²) in [6, 6.07) is 8.52. The lowest BCUT2D eigenvalue weighted by molar-refractivity contribution is -0.130. The van der Waals surface area contributed by atoms with Crippen LogP contribution in [0.5, 0.6) is 0 Å². The van der Waals surface area contributed by atoms with Gasteiger partial charge in [0.05, 0.1) is 39.4 Å². The lowest BCUT2D eigenvalue weighted by atomic mass is 9.96. The maximum atomic E-state index is 12.4. The number of fused-ring (bicyclic) bond motifs is 1. The van der Waals surface area contributed by atoms with Crippen LogP contribution >= 0.6 is 11.3 Å². The van der Waals surface area contributed by atoms with Crippen LogP contribution in [0, 0.1) is 25.2 Å². The molecule has 10 nitrogen and oxygen atoms in total. The van der Waals surface area contributed by atoms with Gasteiger partial charge < -0.3 is 10.2 Å². The molecule has 1 N–H and O–H groups in total. The highest BCUT2D eigenvalue weighted by atomic mass is 32.1. The van der Waals surface area contributed by atoms with Crippen molar-refractivity contribution in [1.29, 1.82) is 5.26 Å². The number of piperidine rings is 1. The standard InChI is InChI=1S/C30H35N9OS/c1-20-13-22(16-31)14-21(2)25(20)15-27-29-26(7-12-41-29)33-30(34-27)32-23-5-10-37(11-6-23)17-24-18-39(36-35-24)19-28(40)38-8-3-4-9-38/h7,12-14,18,23H,3-6,8-11,15,17,19H2,1-2H3,(H,32,33,34). The van der Waals surface area contributed by atoms with Gasteiger partial charge in [0.15, 0.2) is 0 Å². The number of nitrogens with one attached hydrogen (secondary N) is 1. The zero-order chi connectivity index (χ0) is 28.3. The zero-order valence-corrected chi connectivity index (χ0v) is 24.5. The first-order valence-electron chi connectivity index (χ1n) is 14.3. The molecule has 0 radical (unpaired) electrons. The molecule has 4 aromatic rings. The molecule has 1 aromatic carbocycles. The molecule has 5 heterocycles. The Morgan fingerprint density at radius 1 is 1.12 bits per heavy atom. The summed E-state index contributed by atoms with van der Waals surface area (Å²) in [4.78, 5) is 26.5. The summed E-state index contributed by atoms with van der Waals surface area (Å²) in [6.45, 7) is 8.72. The van der Waals surface area contributed by atoms with Gasteiger partial charge in [0.2, 0.25) is 11.9 Å². The van der Waals surface area contributed by atoms with Crippen LogP contribution < -0.4 is 5.32 Å². The molecule has 0 aliphatic carbocycles. The molecule has 2 aliphatic rings. The topological polar surface area (TPSA) is 116 Å². The fourth-order valence-corrected chi connectivity index (χ4v) is 6.77. The van der Waals surface area contributed by atoms with Crippen molar-refractivity contribution in [2.45, 2.75) is 65.1 Å². The number of rotatable bonds is 8. The number of hydrogen-bond acceptors (Lipinski definition) is 9. The summed E-state index contributed by atoms with van der Waals surface area (Å²) in [6.07, 6.45) is 6.76. The summed E-state index contributed by atoms with van der Waals surface area (Å²) >= 11 is 1.67. The van der Waals surface area contributed by atoms with Gasteiger partial charge in [0, 0.05) is 45.2 Å². The largest absolute Gasteiger partial charge is 0.351 e. The Kier molecular flexibility index (Phi) is 7.94. The van der Waals surface area contributed by atoms with E-state index in [9.17, 15) is 10.1 Å². The first kappa shape index (κ1) is 27.3. The van der Waals surface area contributed by atoms with Gasteiger partial charge in [-0.25, -0.2) is 14.6 Å². The first-order valence-corrected chi connectivity index (χ1v) is 15.2. The number of aryl methyl sites for hydroxylation is 2. The van der Waals surface area contributed by atoms with Gasteiger partial charge in [-0.3, -0.25) is 9.69 Å². The minimum absolute atomic E-state index is 0.124. The van der Waals surface area contributed by atoms with Crippen molar-refractivity contribution >= 4 is 33.4 Å². The Labute approximate surface area is 244 Å². The van der Waals surface area contributed by atoms with Crippen LogP contribution in [0.4, 0.5) is 5.95 Å². The van der Waals surface area contributed by atoms with Gasteiger partial charge in [-0.2, -0.15) is 5.26 Å². The average Bonchev–Trinajstić information content (AvgIpc) is 3.74. The molecule has 41 heavy (non-hydrogen) atoms. The second-order valence-electron chi connectivity index (χ2n) is 11.2. The molecule has 2 saturated heterocycles. The Morgan fingerprint density at radius 2 is 1.88 bits per heavy atom. The van der Waals surface area contributed by atoms with E-state index in [1.165, 1.54) is 5.56 Å². The SMILES string of the molecule is Cc1cc(C#N)cc(C)c1Cc1nc(NC2CCN(Cc3cn(CC(=O)N4CCCC4)nn3)CC2)nc2ccsc12. The van der Waals surface area contributed by atoms with E-state index in [4.69, 9.17) is 9.97 Å². The van der Waals surface area contributed by atoms with E-state index in [0.717, 1.165) is 91.1 Å². The van der Waals surface area contributed by atoms with Crippen molar-refractivity contribution in [2.24, 2.45) is 0 Å². The number of benzene rings is 1. The number of anilines is 1. The van der Waals surface area contributed by atoms with Gasteiger partial charge in [-0.05, 0) is 79.8 Å². The Morgan fingerprint density at radius 3 is 2.61 bits per heavy atom. The van der Waals surface area contributed by atoms with Gasteiger partial charge in [-0.15, -0.1) is 16.4 Å². The van der Waals surface area contributed by atoms with Crippen molar-refractivity contribution < 1.29 is 4.79 Å². The summed E-state index contributed by atoms with van der Waals surface area (Å²) in [5.74, 6) is 0.804. The van der Waals surface area contributed by atoms with Crippen LogP contribution in [0.1, 0.15) is 59.3 Å². The number of thiophene rings is 1. The Balaban J connectivity index is 1.06. The first-order chi connectivity index (χ1) is 19.9. The van der Waals surface area contributed by atoms with E-state index in [1.807, 2.05) is 23.2 Å². The van der Waals surface area contributed by atoms with E-state index in [-0.39, 0.29) is 12.5 Å². The highest BCUT2D eigenvalue weighted by molar-refractivity contribution is 7.17. The average molecular weight is 570 g/mol. The Hall–Kier alpha value is -3.88. The van der Waals surface area contributed by atoms with E-state index in [1.54, 1.807) is 16.0 Å². The molecular weight excluding hydrogens is 534 g/mol. The molecule has 0 saturated carbocycles. The molecule has 6 rings (SSSR count). The highest BCUT2D eigenvalue weighted by Crippen LogP contribution is 2.28. The number of carbonyl (C=O) groups excluding carboxylic acids is 1. The van der Waals surface area contributed by atoms with Crippen LogP contribution in [-0.2, 0) is 24.3 Å². The van der Waals surface area contributed by atoms with E-state index in [2.05, 4.69) is 51.9 Å². The summed E-state index contributed by atoms with van der Waals surface area (Å²) in [5, 5.41) is 23.5. The summed E-state index contributed by atoms with van der Waals surface area (Å²) < 4.78 is 2.78. The number of aromatic nitrogens is 5. The molecule has 2 aliphatic heterocycles. The molecule has 0 unspecified atom stereocenters. The quantitative estimate of drug-likeness (QED) is 0.338. The predicted molar refractivity (Wildman–Crippen MR) is 159 cm³/mol. The lowest BCUT2D eigenvalue weighted by Gasteiger charge is -2.31. The maximum Gasteiger partial charge on any atom is 0.244 e. The minimum Gasteiger partial charge on any atom is -0.351 e. The molecule has 11 heteroatoms. The van der Waals surface area contributed by atoms with Gasteiger partial charge in [0.1, 0.15) is 6.54 Å². The van der Waals surface area contributed by atoms with Crippen molar-refractivity contribution in [1.82, 2.24) is 34.8 Å². The normalized spacial score (nSPS) is 16.4. The molecular formula is C30H35N9OS. The summed E-state index contributed by atoms with van der Waals surface area (Å²) in [5.41, 5.74) is 7.03. The van der Waals surface area contributed by atoms with Crippen LogP contribution in [0.3, 0.4) is 0 Å². The highest BCUT2D eigenvalue weighted by Gasteiger charge is 2.23. The monoisotopic (exact) mass is 569 g/mol. The maximum absolute atomic E-state index is 12.4. The van der Waals surface area contributed by atoms with Crippen molar-refractivity contribution in [3.63, 3.8) is 0 Å². The van der Waals surface area contributed by atoms with Crippen molar-refractivity contribution in [3.8, 4) is 6.07 Å². The molecule has 212 valence electrons. The van der Waals surface area contributed by atoms with E-state index < -0.39 is 0 Å². The number of likely N-dealkylation sites (tertiary alicyclic amines) is 2. The van der Waals surface area contributed by atoms with Crippen LogP contribution in [0.15, 0.2) is 29.8 Å². The Bertz CT molecular complexity index is 1570. The molecule has 0 bridgehead atoms. The molecule has 0 atom stereocenters. The number of nitriles is 1. The fraction of sp³-hybridized carbons (Fsp3) is 0.467. The molecule has 1 amide bonds. The van der Waals surface area contributed by atoms with Crippen molar-refractivity contribution in [2.75, 3.05) is 31.5 Å². The molecule has 0 spiro atoms. The van der Waals surface area contributed by atoms with Gasteiger partial charge >= 0.3 is 0 Å². The lowest BCUT2D eigenvalue weighted by Crippen LogP contribution is -2.39. The summed E-state index contributed by atoms with van der Waals surface area (Å²) in [7, 11) is 0. The smallest absolute Gasteiger partial charge is 0.244 e.